The molecule has 0 saturated heterocycles. The molecule has 1 aromatic rings. The average Bonchev–Trinajstić information content (AvgIpc) is 2.60. The van der Waals surface area contributed by atoms with E-state index in [-0.39, 0.29) is 24.0 Å². The number of hydrogen-bond donors (Lipinski definition) is 3. The number of ether oxygens (including phenoxy) is 2. The molecule has 0 unspecified atom stereocenters. The van der Waals surface area contributed by atoms with Gasteiger partial charge in [0.05, 0.1) is 6.54 Å². The fraction of sp³-hybridized carbons (Fsp3) is 0.579. The minimum absolute atomic E-state index is 0. The van der Waals surface area contributed by atoms with Crippen molar-refractivity contribution in [1.82, 2.24) is 16.0 Å². The molecule has 0 aliphatic heterocycles. The van der Waals surface area contributed by atoms with Crippen molar-refractivity contribution in [3.8, 4) is 5.75 Å². The third-order valence-electron chi connectivity index (χ3n) is 3.12. The topological polar surface area (TPSA) is 84.0 Å². The van der Waals surface area contributed by atoms with Crippen LogP contribution in [0.25, 0.3) is 0 Å². The second-order valence-corrected chi connectivity index (χ2v) is 6.90. The van der Waals surface area contributed by atoms with Crippen LogP contribution < -0.4 is 20.7 Å². The Hall–Kier alpha value is -1.85. The lowest BCUT2D eigenvalue weighted by Gasteiger charge is -2.19. The van der Waals surface area contributed by atoms with E-state index in [4.69, 9.17) is 9.47 Å². The SMILES string of the molecule is CCNC(=NCc1cccc(OCC(F)F)c1)NCCNC(=O)OC(C)(C)C.I. The molecule has 0 saturated carbocycles. The van der Waals surface area contributed by atoms with Gasteiger partial charge < -0.3 is 25.4 Å². The average molecular weight is 528 g/mol. The normalized spacial score (nSPS) is 11.5. The Morgan fingerprint density at radius 1 is 1.17 bits per heavy atom. The number of carbonyl (C=O) groups excluding carboxylic acids is 1. The maximum absolute atomic E-state index is 12.2. The number of carbonyl (C=O) groups is 1. The van der Waals surface area contributed by atoms with Gasteiger partial charge in [-0.1, -0.05) is 12.1 Å². The second-order valence-electron chi connectivity index (χ2n) is 6.90. The molecule has 0 aromatic heterocycles. The second kappa shape index (κ2) is 14.2. The summed E-state index contributed by atoms with van der Waals surface area (Å²) in [6.07, 6.45) is -2.99. The molecule has 1 rings (SSSR count). The minimum atomic E-state index is -2.51. The van der Waals surface area contributed by atoms with Crippen molar-refractivity contribution < 1.29 is 23.0 Å². The van der Waals surface area contributed by atoms with Crippen LogP contribution in [0.1, 0.15) is 33.3 Å². The summed E-state index contributed by atoms with van der Waals surface area (Å²) in [5, 5.41) is 8.86. The molecule has 3 N–H and O–H groups in total. The van der Waals surface area contributed by atoms with E-state index in [2.05, 4.69) is 20.9 Å². The number of nitrogens with zero attached hydrogens (tertiary/aromatic N) is 1. The highest BCUT2D eigenvalue weighted by molar-refractivity contribution is 14.0. The number of rotatable bonds is 9. The van der Waals surface area contributed by atoms with Gasteiger partial charge in [0.15, 0.2) is 5.96 Å². The number of benzene rings is 1. The first-order chi connectivity index (χ1) is 13.2. The molecule has 0 fully saturated rings. The molecule has 0 atom stereocenters. The van der Waals surface area contributed by atoms with Crippen molar-refractivity contribution in [1.29, 1.82) is 0 Å². The summed E-state index contributed by atoms with van der Waals surface area (Å²) >= 11 is 0. The number of halogens is 3. The number of amides is 1. The Balaban J connectivity index is 0.00000784. The Bertz CT molecular complexity index is 640. The van der Waals surface area contributed by atoms with Gasteiger partial charge in [0.1, 0.15) is 18.0 Å². The molecule has 0 aliphatic rings. The highest BCUT2D eigenvalue weighted by Gasteiger charge is 2.15. The fourth-order valence-electron chi connectivity index (χ4n) is 2.06. The molecule has 10 heteroatoms. The maximum Gasteiger partial charge on any atom is 0.407 e. The monoisotopic (exact) mass is 528 g/mol. The highest BCUT2D eigenvalue weighted by atomic mass is 127. The van der Waals surface area contributed by atoms with E-state index >= 15 is 0 Å². The van der Waals surface area contributed by atoms with Crippen LogP contribution in [0.15, 0.2) is 29.3 Å². The summed E-state index contributed by atoms with van der Waals surface area (Å²) in [5.41, 5.74) is 0.289. The highest BCUT2D eigenvalue weighted by Crippen LogP contribution is 2.15. The maximum atomic E-state index is 12.2. The van der Waals surface area contributed by atoms with Gasteiger partial charge in [-0.25, -0.2) is 18.6 Å². The van der Waals surface area contributed by atoms with Crippen LogP contribution in [0.5, 0.6) is 5.75 Å². The first kappa shape index (κ1) is 27.1. The molecule has 1 amide bonds. The van der Waals surface area contributed by atoms with Crippen molar-refractivity contribution in [3.05, 3.63) is 29.8 Å². The number of alkyl carbamates (subject to hydrolysis) is 1. The van der Waals surface area contributed by atoms with Crippen LogP contribution in [0, 0.1) is 0 Å². The fourth-order valence-corrected chi connectivity index (χ4v) is 2.06. The number of hydrogen-bond acceptors (Lipinski definition) is 4. The molecule has 0 spiro atoms. The lowest BCUT2D eigenvalue weighted by Crippen LogP contribution is -2.42. The third-order valence-corrected chi connectivity index (χ3v) is 3.12. The number of alkyl halides is 2. The Morgan fingerprint density at radius 2 is 1.86 bits per heavy atom. The first-order valence-electron chi connectivity index (χ1n) is 9.18. The molecule has 0 radical (unpaired) electrons. The molecular formula is C19H31F2IN4O3. The zero-order valence-electron chi connectivity index (χ0n) is 17.3. The van der Waals surface area contributed by atoms with Crippen molar-refractivity contribution in [3.63, 3.8) is 0 Å². The minimum Gasteiger partial charge on any atom is -0.488 e. The third kappa shape index (κ3) is 13.9. The number of guanidine groups is 1. The van der Waals surface area contributed by atoms with Gasteiger partial charge in [0.25, 0.3) is 6.43 Å². The molecular weight excluding hydrogens is 497 g/mol. The molecule has 0 heterocycles. The van der Waals surface area contributed by atoms with Gasteiger partial charge in [-0.2, -0.15) is 0 Å². The van der Waals surface area contributed by atoms with E-state index in [1.54, 1.807) is 39.0 Å². The van der Waals surface area contributed by atoms with Gasteiger partial charge in [-0.3, -0.25) is 0 Å². The predicted molar refractivity (Wildman–Crippen MR) is 120 cm³/mol. The summed E-state index contributed by atoms with van der Waals surface area (Å²) in [5.74, 6) is 0.958. The van der Waals surface area contributed by atoms with E-state index in [1.807, 2.05) is 13.0 Å². The lowest BCUT2D eigenvalue weighted by molar-refractivity contribution is 0.0529. The van der Waals surface area contributed by atoms with Crippen LogP contribution in [-0.2, 0) is 11.3 Å². The van der Waals surface area contributed by atoms with Crippen molar-refractivity contribution in [2.45, 2.75) is 46.3 Å². The van der Waals surface area contributed by atoms with Crippen LogP contribution >= 0.6 is 24.0 Å². The van der Waals surface area contributed by atoms with Gasteiger partial charge >= 0.3 is 6.09 Å². The van der Waals surface area contributed by atoms with Gasteiger partial charge in [0.2, 0.25) is 0 Å². The van der Waals surface area contributed by atoms with E-state index in [1.165, 1.54) is 0 Å². The molecule has 166 valence electrons. The Morgan fingerprint density at radius 3 is 2.48 bits per heavy atom. The molecule has 7 nitrogen and oxygen atoms in total. The largest absolute Gasteiger partial charge is 0.488 e. The Kier molecular flexibility index (Phi) is 13.3. The summed E-state index contributed by atoms with van der Waals surface area (Å²) in [4.78, 5) is 16.0. The first-order valence-corrected chi connectivity index (χ1v) is 9.18. The zero-order chi connectivity index (χ0) is 21.0. The van der Waals surface area contributed by atoms with E-state index in [0.29, 0.717) is 37.9 Å². The van der Waals surface area contributed by atoms with Crippen molar-refractivity contribution >= 4 is 36.0 Å². The molecule has 29 heavy (non-hydrogen) atoms. The van der Waals surface area contributed by atoms with Gasteiger partial charge in [-0.05, 0) is 45.4 Å². The number of nitrogens with one attached hydrogen (secondary N) is 3. The van der Waals surface area contributed by atoms with Crippen LogP contribution in [0.3, 0.4) is 0 Å². The summed E-state index contributed by atoms with van der Waals surface area (Å²) < 4.78 is 34.7. The smallest absolute Gasteiger partial charge is 0.407 e. The lowest BCUT2D eigenvalue weighted by atomic mass is 10.2. The number of aliphatic imine (C=N–C) groups is 1. The van der Waals surface area contributed by atoms with E-state index in [0.717, 1.165) is 5.56 Å². The van der Waals surface area contributed by atoms with E-state index < -0.39 is 24.7 Å². The van der Waals surface area contributed by atoms with E-state index in [9.17, 15) is 13.6 Å². The predicted octanol–water partition coefficient (Wildman–Crippen LogP) is 3.53. The van der Waals surface area contributed by atoms with Crippen LogP contribution in [-0.4, -0.2) is 50.3 Å². The van der Waals surface area contributed by atoms with Crippen LogP contribution in [0.4, 0.5) is 13.6 Å². The van der Waals surface area contributed by atoms with Crippen molar-refractivity contribution in [2.75, 3.05) is 26.2 Å². The van der Waals surface area contributed by atoms with Gasteiger partial charge in [0, 0.05) is 19.6 Å². The summed E-state index contributed by atoms with van der Waals surface area (Å²) in [6.45, 7) is 8.55. The summed E-state index contributed by atoms with van der Waals surface area (Å²) in [6, 6.07) is 6.88. The summed E-state index contributed by atoms with van der Waals surface area (Å²) in [7, 11) is 0. The van der Waals surface area contributed by atoms with Gasteiger partial charge in [-0.15, -0.1) is 24.0 Å². The quantitative estimate of drug-likeness (QED) is 0.198. The van der Waals surface area contributed by atoms with Crippen LogP contribution in [0.2, 0.25) is 0 Å². The zero-order valence-corrected chi connectivity index (χ0v) is 19.6. The molecule has 0 bridgehead atoms. The molecule has 0 aliphatic carbocycles. The molecule has 1 aromatic carbocycles. The standard InChI is InChI=1S/C19H30F2N4O3.HI/c1-5-22-17(23-9-10-24-18(26)28-19(2,3)4)25-12-14-7-6-8-15(11-14)27-13-16(20)21;/h6-8,11,16H,5,9-10,12-13H2,1-4H3,(H,24,26)(H2,22,23,25);1H. The van der Waals surface area contributed by atoms with Crippen molar-refractivity contribution in [2.24, 2.45) is 4.99 Å². The Labute approximate surface area is 188 Å².